The maximum Gasteiger partial charge on any atom is 0.290 e. The van der Waals surface area contributed by atoms with Crippen molar-refractivity contribution < 1.29 is 9.59 Å². The monoisotopic (exact) mass is 390 g/mol. The highest BCUT2D eigenvalue weighted by Crippen LogP contribution is 2.13. The predicted molar refractivity (Wildman–Crippen MR) is 112 cm³/mol. The Balaban J connectivity index is 1.77. The SMILES string of the molecule is CCCn1nc(C(=O)NNC(=O)C=Cc2cccc(C)c2)c2ccccc2c1=O. The first-order valence-electron chi connectivity index (χ1n) is 9.34. The van der Waals surface area contributed by atoms with E-state index in [-0.39, 0.29) is 11.3 Å². The summed E-state index contributed by atoms with van der Waals surface area (Å²) in [6.45, 7) is 4.28. The highest BCUT2D eigenvalue weighted by atomic mass is 16.2. The number of hydrazine groups is 1. The van der Waals surface area contributed by atoms with Gasteiger partial charge < -0.3 is 0 Å². The number of nitrogens with one attached hydrogen (secondary N) is 2. The molecule has 0 saturated heterocycles. The molecule has 0 aliphatic heterocycles. The zero-order chi connectivity index (χ0) is 20.8. The van der Waals surface area contributed by atoms with Gasteiger partial charge in [0.05, 0.1) is 5.39 Å². The van der Waals surface area contributed by atoms with Crippen molar-refractivity contribution in [1.29, 1.82) is 0 Å². The van der Waals surface area contributed by atoms with Crippen LogP contribution in [0.1, 0.15) is 35.0 Å². The smallest absolute Gasteiger partial charge is 0.268 e. The Morgan fingerprint density at radius 3 is 2.55 bits per heavy atom. The molecule has 2 aromatic carbocycles. The van der Waals surface area contributed by atoms with E-state index >= 15 is 0 Å². The van der Waals surface area contributed by atoms with Gasteiger partial charge in [0.1, 0.15) is 0 Å². The first kappa shape index (κ1) is 20.0. The van der Waals surface area contributed by atoms with Crippen molar-refractivity contribution in [2.45, 2.75) is 26.8 Å². The van der Waals surface area contributed by atoms with E-state index in [9.17, 15) is 14.4 Å². The first-order valence-corrected chi connectivity index (χ1v) is 9.34. The number of amides is 2. The zero-order valence-corrected chi connectivity index (χ0v) is 16.3. The molecule has 2 N–H and O–H groups in total. The third-order valence-electron chi connectivity index (χ3n) is 4.29. The molecule has 148 valence electrons. The largest absolute Gasteiger partial charge is 0.290 e. The number of hydrogen-bond acceptors (Lipinski definition) is 4. The molecule has 0 bridgehead atoms. The number of carbonyl (C=O) groups is 2. The van der Waals surface area contributed by atoms with Crippen LogP contribution >= 0.6 is 0 Å². The summed E-state index contributed by atoms with van der Waals surface area (Å²) < 4.78 is 1.27. The summed E-state index contributed by atoms with van der Waals surface area (Å²) in [5.41, 5.74) is 6.50. The Morgan fingerprint density at radius 2 is 1.83 bits per heavy atom. The van der Waals surface area contributed by atoms with Crippen molar-refractivity contribution in [1.82, 2.24) is 20.6 Å². The summed E-state index contributed by atoms with van der Waals surface area (Å²) >= 11 is 0. The summed E-state index contributed by atoms with van der Waals surface area (Å²) in [6, 6.07) is 14.5. The topological polar surface area (TPSA) is 93.1 Å². The van der Waals surface area contributed by atoms with Crippen LogP contribution in [0.25, 0.3) is 16.8 Å². The molecule has 3 aromatic rings. The van der Waals surface area contributed by atoms with Gasteiger partial charge >= 0.3 is 0 Å². The quantitative estimate of drug-likeness (QED) is 0.517. The second-order valence-corrected chi connectivity index (χ2v) is 6.61. The molecular formula is C22H22N4O3. The molecule has 0 unspecified atom stereocenters. The van der Waals surface area contributed by atoms with Crippen LogP contribution in [0.4, 0.5) is 0 Å². The molecule has 0 fully saturated rings. The Hall–Kier alpha value is -3.74. The molecule has 0 radical (unpaired) electrons. The lowest BCUT2D eigenvalue weighted by Gasteiger charge is -2.10. The minimum atomic E-state index is -0.594. The average Bonchev–Trinajstić information content (AvgIpc) is 2.73. The summed E-state index contributed by atoms with van der Waals surface area (Å²) in [5, 5.41) is 5.04. The molecule has 0 atom stereocenters. The molecule has 0 spiro atoms. The van der Waals surface area contributed by atoms with Crippen molar-refractivity contribution >= 4 is 28.7 Å². The fourth-order valence-electron chi connectivity index (χ4n) is 2.93. The van der Waals surface area contributed by atoms with Crippen molar-refractivity contribution in [3.8, 4) is 0 Å². The molecule has 0 aliphatic carbocycles. The van der Waals surface area contributed by atoms with Crippen LogP contribution in [-0.4, -0.2) is 21.6 Å². The van der Waals surface area contributed by atoms with Crippen LogP contribution in [0.5, 0.6) is 0 Å². The molecule has 29 heavy (non-hydrogen) atoms. The van der Waals surface area contributed by atoms with E-state index in [1.165, 1.54) is 10.8 Å². The number of aromatic nitrogens is 2. The molecule has 1 heterocycles. The second-order valence-electron chi connectivity index (χ2n) is 6.61. The molecule has 2 amide bonds. The van der Waals surface area contributed by atoms with E-state index in [1.807, 2.05) is 38.1 Å². The molecule has 7 nitrogen and oxygen atoms in total. The number of fused-ring (bicyclic) bond motifs is 1. The minimum Gasteiger partial charge on any atom is -0.268 e. The Bertz CT molecular complexity index is 1150. The van der Waals surface area contributed by atoms with Crippen molar-refractivity contribution in [3.63, 3.8) is 0 Å². The van der Waals surface area contributed by atoms with Crippen molar-refractivity contribution in [3.05, 3.63) is 81.8 Å². The molecule has 0 saturated carbocycles. The normalized spacial score (nSPS) is 11.0. The van der Waals surface area contributed by atoms with E-state index in [2.05, 4.69) is 16.0 Å². The third kappa shape index (κ3) is 4.76. The second kappa shape index (κ2) is 8.97. The summed E-state index contributed by atoms with van der Waals surface area (Å²) in [7, 11) is 0. The summed E-state index contributed by atoms with van der Waals surface area (Å²) in [4.78, 5) is 37.2. The highest BCUT2D eigenvalue weighted by molar-refractivity contribution is 6.05. The van der Waals surface area contributed by atoms with Gasteiger partial charge in [0.2, 0.25) is 0 Å². The fraction of sp³-hybridized carbons (Fsp3) is 0.182. The van der Waals surface area contributed by atoms with E-state index in [0.717, 1.165) is 11.1 Å². The van der Waals surface area contributed by atoms with Gasteiger partial charge in [-0.3, -0.25) is 25.2 Å². The van der Waals surface area contributed by atoms with E-state index in [1.54, 1.807) is 30.3 Å². The van der Waals surface area contributed by atoms with Crippen molar-refractivity contribution in [2.75, 3.05) is 0 Å². The number of nitrogens with zero attached hydrogens (tertiary/aromatic N) is 2. The van der Waals surface area contributed by atoms with Gasteiger partial charge in [0.25, 0.3) is 17.4 Å². The van der Waals surface area contributed by atoms with Crippen LogP contribution in [-0.2, 0) is 11.3 Å². The third-order valence-corrected chi connectivity index (χ3v) is 4.29. The fourth-order valence-corrected chi connectivity index (χ4v) is 2.93. The lowest BCUT2D eigenvalue weighted by molar-refractivity contribution is -0.117. The average molecular weight is 390 g/mol. The van der Waals surface area contributed by atoms with Crippen LogP contribution < -0.4 is 16.4 Å². The van der Waals surface area contributed by atoms with Gasteiger partial charge in [-0.15, -0.1) is 0 Å². The number of aryl methyl sites for hydroxylation is 2. The van der Waals surface area contributed by atoms with Crippen LogP contribution in [0.15, 0.2) is 59.4 Å². The standard InChI is InChI=1S/C22H22N4O3/c1-3-13-26-22(29)18-10-5-4-9-17(18)20(25-26)21(28)24-23-19(27)12-11-16-8-6-7-15(2)14-16/h4-12,14H,3,13H2,1-2H3,(H,23,27)(H,24,28). The number of benzene rings is 2. The Labute approximate surface area is 168 Å². The molecule has 1 aromatic heterocycles. The lowest BCUT2D eigenvalue weighted by atomic mass is 10.1. The molecule has 0 aliphatic rings. The van der Waals surface area contributed by atoms with Gasteiger partial charge in [-0.1, -0.05) is 55.0 Å². The van der Waals surface area contributed by atoms with Crippen molar-refractivity contribution in [2.24, 2.45) is 0 Å². The van der Waals surface area contributed by atoms with Crippen LogP contribution in [0.2, 0.25) is 0 Å². The Kier molecular flexibility index (Phi) is 6.19. The van der Waals surface area contributed by atoms with E-state index in [4.69, 9.17) is 0 Å². The molecular weight excluding hydrogens is 368 g/mol. The lowest BCUT2D eigenvalue weighted by Crippen LogP contribution is -2.42. The maximum absolute atomic E-state index is 12.6. The van der Waals surface area contributed by atoms with Gasteiger partial charge in [-0.05, 0) is 31.1 Å². The van der Waals surface area contributed by atoms with Crippen LogP contribution in [0, 0.1) is 6.92 Å². The number of rotatable bonds is 5. The Morgan fingerprint density at radius 1 is 1.07 bits per heavy atom. The van der Waals surface area contributed by atoms with E-state index < -0.39 is 11.8 Å². The zero-order valence-electron chi connectivity index (χ0n) is 16.3. The molecule has 7 heteroatoms. The van der Waals surface area contributed by atoms with Gasteiger partial charge in [0.15, 0.2) is 5.69 Å². The van der Waals surface area contributed by atoms with Gasteiger partial charge in [0, 0.05) is 18.0 Å². The van der Waals surface area contributed by atoms with Gasteiger partial charge in [-0.25, -0.2) is 4.68 Å². The predicted octanol–water partition coefficient (Wildman–Crippen LogP) is 2.59. The highest BCUT2D eigenvalue weighted by Gasteiger charge is 2.16. The first-order chi connectivity index (χ1) is 14.0. The van der Waals surface area contributed by atoms with Gasteiger partial charge in [-0.2, -0.15) is 5.10 Å². The number of hydrogen-bond donors (Lipinski definition) is 2. The van der Waals surface area contributed by atoms with Crippen LogP contribution in [0.3, 0.4) is 0 Å². The summed E-state index contributed by atoms with van der Waals surface area (Å²) in [6.07, 6.45) is 3.69. The maximum atomic E-state index is 12.6. The number of carbonyl (C=O) groups excluding carboxylic acids is 2. The summed E-state index contributed by atoms with van der Waals surface area (Å²) in [5.74, 6) is -1.07. The molecule has 3 rings (SSSR count). The van der Waals surface area contributed by atoms with E-state index in [0.29, 0.717) is 23.7 Å². The minimum absolute atomic E-state index is 0.0802.